The van der Waals surface area contributed by atoms with E-state index < -0.39 is 0 Å². The Morgan fingerprint density at radius 3 is 2.62 bits per heavy atom. The molecule has 0 spiro atoms. The van der Waals surface area contributed by atoms with Gasteiger partial charge in [0.15, 0.2) is 0 Å². The van der Waals surface area contributed by atoms with Crippen LogP contribution in [0, 0.1) is 0 Å². The van der Waals surface area contributed by atoms with Crippen molar-refractivity contribution in [2.45, 2.75) is 0 Å². The molecule has 0 aliphatic heterocycles. The van der Waals surface area contributed by atoms with E-state index in [1.54, 1.807) is 24.3 Å². The molecule has 13 heavy (non-hydrogen) atoms. The maximum absolute atomic E-state index is 11.1. The molecule has 0 fully saturated rings. The number of hydrazine groups is 1. The molecule has 0 aromatic heterocycles. The molecule has 0 aliphatic carbocycles. The van der Waals surface area contributed by atoms with E-state index in [1.165, 1.54) is 7.11 Å². The van der Waals surface area contributed by atoms with Gasteiger partial charge in [0.25, 0.3) is 5.91 Å². The van der Waals surface area contributed by atoms with E-state index in [9.17, 15) is 4.79 Å². The number of para-hydroxylation sites is 1. The fraction of sp³-hybridized carbons (Fsp3) is 0.125. The van der Waals surface area contributed by atoms with E-state index >= 15 is 0 Å². The number of methoxy groups -OCH3 is 1. The third-order valence-corrected chi connectivity index (χ3v) is 1.48. The number of hydrogen-bond acceptors (Lipinski definition) is 3. The van der Waals surface area contributed by atoms with Crippen LogP contribution < -0.4 is 16.0 Å². The van der Waals surface area contributed by atoms with Crippen molar-refractivity contribution < 1.29 is 9.53 Å². The smallest absolute Gasteiger partial charge is 0.268 e. The minimum absolute atomic E-state index is 0. The van der Waals surface area contributed by atoms with E-state index in [1.807, 2.05) is 5.43 Å². The molecule has 0 aliphatic rings. The lowest BCUT2D eigenvalue weighted by molar-refractivity contribution is 0.0950. The van der Waals surface area contributed by atoms with Gasteiger partial charge in [-0.2, -0.15) is 0 Å². The van der Waals surface area contributed by atoms with Gasteiger partial charge in [-0.1, -0.05) is 12.1 Å². The minimum Gasteiger partial charge on any atom is -0.496 e. The maximum atomic E-state index is 11.1. The van der Waals surface area contributed by atoms with Gasteiger partial charge in [-0.25, -0.2) is 5.84 Å². The summed E-state index contributed by atoms with van der Waals surface area (Å²) in [5.74, 6) is 5.13. The first-order valence-corrected chi connectivity index (χ1v) is 3.43. The molecule has 0 atom stereocenters. The average Bonchev–Trinajstić information content (AvgIpc) is 2.16. The van der Waals surface area contributed by atoms with Crippen LogP contribution in [0.15, 0.2) is 24.3 Å². The number of nitrogen functional groups attached to an aromatic ring is 1. The van der Waals surface area contributed by atoms with Gasteiger partial charge in [-0.3, -0.25) is 10.2 Å². The molecule has 0 heterocycles. The standard InChI is InChI=1S/C8H10N2O2.ClH/c1-12-7-5-3-2-4-6(7)8(11)10-9;/h2-5H,9H2,1H3,(H,10,11);1H. The van der Waals surface area contributed by atoms with Crippen LogP contribution in [0.1, 0.15) is 10.4 Å². The molecule has 1 aromatic carbocycles. The Hall–Kier alpha value is -1.26. The highest BCUT2D eigenvalue weighted by atomic mass is 35.5. The van der Waals surface area contributed by atoms with Crippen LogP contribution in [0.5, 0.6) is 5.75 Å². The predicted molar refractivity (Wildman–Crippen MR) is 51.9 cm³/mol. The third-order valence-electron chi connectivity index (χ3n) is 1.48. The molecule has 72 valence electrons. The second-order valence-electron chi connectivity index (χ2n) is 2.17. The van der Waals surface area contributed by atoms with Gasteiger partial charge in [-0.15, -0.1) is 12.4 Å². The average molecular weight is 203 g/mol. The van der Waals surface area contributed by atoms with Gasteiger partial charge in [0, 0.05) is 0 Å². The molecular weight excluding hydrogens is 192 g/mol. The summed E-state index contributed by atoms with van der Waals surface area (Å²) >= 11 is 0. The maximum Gasteiger partial charge on any atom is 0.268 e. The number of carbonyl (C=O) groups is 1. The first-order valence-electron chi connectivity index (χ1n) is 3.43. The van der Waals surface area contributed by atoms with Gasteiger partial charge >= 0.3 is 0 Å². The number of hydrogen-bond donors (Lipinski definition) is 2. The molecule has 1 amide bonds. The topological polar surface area (TPSA) is 64.3 Å². The normalized spacial score (nSPS) is 8.46. The van der Waals surface area contributed by atoms with Crippen molar-refractivity contribution in [2.24, 2.45) is 5.84 Å². The highest BCUT2D eigenvalue weighted by molar-refractivity contribution is 5.96. The molecule has 0 saturated carbocycles. The molecular formula is C8H11ClN2O2. The lowest BCUT2D eigenvalue weighted by Gasteiger charge is -2.05. The van der Waals surface area contributed by atoms with E-state index in [4.69, 9.17) is 10.6 Å². The summed E-state index contributed by atoms with van der Waals surface area (Å²) in [5.41, 5.74) is 2.47. The first-order chi connectivity index (χ1) is 5.79. The Kier molecular flexibility index (Phi) is 4.87. The van der Waals surface area contributed by atoms with Gasteiger partial charge < -0.3 is 4.74 Å². The Bertz CT molecular complexity index is 291. The number of benzene rings is 1. The second kappa shape index (κ2) is 5.40. The first kappa shape index (κ1) is 11.7. The summed E-state index contributed by atoms with van der Waals surface area (Å²) in [7, 11) is 1.50. The minimum atomic E-state index is -0.354. The summed E-state index contributed by atoms with van der Waals surface area (Å²) in [5, 5.41) is 0. The fourth-order valence-electron chi connectivity index (χ4n) is 0.910. The van der Waals surface area contributed by atoms with Gasteiger partial charge in [-0.05, 0) is 12.1 Å². The lowest BCUT2D eigenvalue weighted by Crippen LogP contribution is -2.30. The van der Waals surface area contributed by atoms with Crippen molar-refractivity contribution in [1.82, 2.24) is 5.43 Å². The van der Waals surface area contributed by atoms with Crippen LogP contribution in [-0.2, 0) is 0 Å². The van der Waals surface area contributed by atoms with E-state index in [-0.39, 0.29) is 18.3 Å². The van der Waals surface area contributed by atoms with Crippen molar-refractivity contribution in [2.75, 3.05) is 7.11 Å². The molecule has 3 N–H and O–H groups in total. The Balaban J connectivity index is 0.00000144. The van der Waals surface area contributed by atoms with E-state index in [0.29, 0.717) is 11.3 Å². The van der Waals surface area contributed by atoms with Crippen LogP contribution in [0.3, 0.4) is 0 Å². The van der Waals surface area contributed by atoms with Crippen LogP contribution in [0.2, 0.25) is 0 Å². The molecule has 4 nitrogen and oxygen atoms in total. The van der Waals surface area contributed by atoms with Crippen LogP contribution in [0.25, 0.3) is 0 Å². The predicted octanol–water partition coefficient (Wildman–Crippen LogP) is 0.720. The molecule has 0 unspecified atom stereocenters. The molecule has 0 radical (unpaired) electrons. The number of nitrogens with two attached hydrogens (primary N) is 1. The summed E-state index contributed by atoms with van der Waals surface area (Å²) in [6.07, 6.45) is 0. The van der Waals surface area contributed by atoms with Crippen LogP contribution in [-0.4, -0.2) is 13.0 Å². The van der Waals surface area contributed by atoms with Crippen molar-refractivity contribution in [3.05, 3.63) is 29.8 Å². The fourth-order valence-corrected chi connectivity index (χ4v) is 0.910. The van der Waals surface area contributed by atoms with Crippen LogP contribution >= 0.6 is 12.4 Å². The molecule has 0 bridgehead atoms. The Morgan fingerprint density at radius 2 is 2.08 bits per heavy atom. The van der Waals surface area contributed by atoms with E-state index in [0.717, 1.165) is 0 Å². The quantitative estimate of drug-likeness (QED) is 0.422. The van der Waals surface area contributed by atoms with Crippen molar-refractivity contribution in [1.29, 1.82) is 0 Å². The number of carbonyl (C=O) groups excluding carboxylic acids is 1. The SMILES string of the molecule is COc1ccccc1C(=O)NN.Cl. The zero-order chi connectivity index (χ0) is 8.97. The highest BCUT2D eigenvalue weighted by Gasteiger charge is 2.08. The van der Waals surface area contributed by atoms with Gasteiger partial charge in [0.2, 0.25) is 0 Å². The van der Waals surface area contributed by atoms with Gasteiger partial charge in [0.05, 0.1) is 12.7 Å². The lowest BCUT2D eigenvalue weighted by atomic mass is 10.2. The number of nitrogens with one attached hydrogen (secondary N) is 1. The number of amides is 1. The van der Waals surface area contributed by atoms with Crippen molar-refractivity contribution in [3.63, 3.8) is 0 Å². The second-order valence-corrected chi connectivity index (χ2v) is 2.17. The molecule has 1 rings (SSSR count). The number of ether oxygens (including phenoxy) is 1. The number of rotatable bonds is 2. The monoisotopic (exact) mass is 202 g/mol. The van der Waals surface area contributed by atoms with Crippen molar-refractivity contribution >= 4 is 18.3 Å². The number of halogens is 1. The highest BCUT2D eigenvalue weighted by Crippen LogP contribution is 2.16. The Labute approximate surface area is 82.4 Å². The molecule has 0 saturated heterocycles. The largest absolute Gasteiger partial charge is 0.496 e. The zero-order valence-corrected chi connectivity index (χ0v) is 7.93. The summed E-state index contributed by atoms with van der Waals surface area (Å²) in [6.45, 7) is 0. The van der Waals surface area contributed by atoms with Gasteiger partial charge in [0.1, 0.15) is 5.75 Å². The Morgan fingerprint density at radius 1 is 1.46 bits per heavy atom. The van der Waals surface area contributed by atoms with Crippen LogP contribution in [0.4, 0.5) is 0 Å². The summed E-state index contributed by atoms with van der Waals surface area (Å²) in [4.78, 5) is 11.1. The molecule has 1 aromatic rings. The van der Waals surface area contributed by atoms with E-state index in [2.05, 4.69) is 0 Å². The summed E-state index contributed by atoms with van der Waals surface area (Å²) < 4.78 is 4.95. The third kappa shape index (κ3) is 2.61. The summed E-state index contributed by atoms with van der Waals surface area (Å²) in [6, 6.07) is 6.87. The zero-order valence-electron chi connectivity index (χ0n) is 7.11. The molecule has 5 heteroatoms. The van der Waals surface area contributed by atoms with Crippen molar-refractivity contribution in [3.8, 4) is 5.75 Å².